The Balaban J connectivity index is 2.58. The van der Waals surface area contributed by atoms with Crippen LogP contribution in [0.2, 0.25) is 0 Å². The minimum Gasteiger partial charge on any atom is -0.496 e. The van der Waals surface area contributed by atoms with Gasteiger partial charge in [-0.1, -0.05) is 17.3 Å². The van der Waals surface area contributed by atoms with Gasteiger partial charge in [0.15, 0.2) is 5.76 Å². The first-order valence-corrected chi connectivity index (χ1v) is 4.59. The van der Waals surface area contributed by atoms with Crippen LogP contribution < -0.4 is 10.5 Å². The van der Waals surface area contributed by atoms with Crippen molar-refractivity contribution in [2.75, 3.05) is 12.8 Å². The number of hydrogen-bond donors (Lipinski definition) is 1. The Morgan fingerprint density at radius 1 is 1.33 bits per heavy atom. The van der Waals surface area contributed by atoms with Crippen molar-refractivity contribution in [1.29, 1.82) is 0 Å². The van der Waals surface area contributed by atoms with Crippen LogP contribution in [0.15, 0.2) is 28.8 Å². The molecule has 2 rings (SSSR count). The van der Waals surface area contributed by atoms with Crippen molar-refractivity contribution >= 4 is 5.69 Å². The highest BCUT2D eigenvalue weighted by Gasteiger charge is 2.15. The van der Waals surface area contributed by atoms with Gasteiger partial charge in [-0.05, 0) is 19.1 Å². The number of nitrogens with two attached hydrogens (primary N) is 1. The van der Waals surface area contributed by atoms with E-state index in [-0.39, 0.29) is 0 Å². The number of aromatic nitrogens is 1. The van der Waals surface area contributed by atoms with Gasteiger partial charge in [-0.15, -0.1) is 0 Å². The van der Waals surface area contributed by atoms with Gasteiger partial charge in [0.2, 0.25) is 0 Å². The highest BCUT2D eigenvalue weighted by atomic mass is 16.5. The van der Waals surface area contributed by atoms with Crippen molar-refractivity contribution in [2.24, 2.45) is 0 Å². The van der Waals surface area contributed by atoms with Gasteiger partial charge < -0.3 is 15.0 Å². The standard InChI is InChI=1S/C11H12N2O2/c1-7-10(12)11(15-13-7)8-5-3-4-6-9(8)14-2/h3-6H,12H2,1-2H3. The average molecular weight is 204 g/mol. The van der Waals surface area contributed by atoms with E-state index >= 15 is 0 Å². The fourth-order valence-corrected chi connectivity index (χ4v) is 1.40. The Bertz CT molecular complexity index is 477. The molecule has 2 N–H and O–H groups in total. The Hall–Kier alpha value is -1.97. The van der Waals surface area contributed by atoms with Crippen LogP contribution in [0.1, 0.15) is 5.69 Å². The molecule has 0 radical (unpaired) electrons. The van der Waals surface area contributed by atoms with Gasteiger partial charge in [0.05, 0.1) is 12.7 Å². The first-order valence-electron chi connectivity index (χ1n) is 4.59. The molecule has 0 amide bonds. The van der Waals surface area contributed by atoms with E-state index in [1.165, 1.54) is 0 Å². The van der Waals surface area contributed by atoms with E-state index in [1.54, 1.807) is 14.0 Å². The number of nitrogens with zero attached hydrogens (tertiary/aromatic N) is 1. The predicted octanol–water partition coefficient (Wildman–Crippen LogP) is 2.24. The van der Waals surface area contributed by atoms with Crippen molar-refractivity contribution in [2.45, 2.75) is 6.92 Å². The maximum absolute atomic E-state index is 5.85. The molecule has 78 valence electrons. The second-order valence-corrected chi connectivity index (χ2v) is 3.21. The van der Waals surface area contributed by atoms with Crippen molar-refractivity contribution in [3.05, 3.63) is 30.0 Å². The van der Waals surface area contributed by atoms with Gasteiger partial charge in [0.1, 0.15) is 17.1 Å². The van der Waals surface area contributed by atoms with Crippen molar-refractivity contribution in [1.82, 2.24) is 5.16 Å². The molecule has 0 bridgehead atoms. The Morgan fingerprint density at radius 2 is 2.07 bits per heavy atom. The number of ether oxygens (including phenoxy) is 1. The van der Waals surface area contributed by atoms with Gasteiger partial charge in [-0.2, -0.15) is 0 Å². The molecule has 0 saturated carbocycles. The zero-order chi connectivity index (χ0) is 10.8. The van der Waals surface area contributed by atoms with Gasteiger partial charge in [-0.25, -0.2) is 0 Å². The molecule has 15 heavy (non-hydrogen) atoms. The first kappa shape index (κ1) is 9.58. The Kier molecular flexibility index (Phi) is 2.33. The predicted molar refractivity (Wildman–Crippen MR) is 57.6 cm³/mol. The summed E-state index contributed by atoms with van der Waals surface area (Å²) in [5, 5.41) is 3.81. The molecule has 0 aliphatic carbocycles. The number of methoxy groups -OCH3 is 1. The third-order valence-electron chi connectivity index (χ3n) is 2.26. The summed E-state index contributed by atoms with van der Waals surface area (Å²) >= 11 is 0. The molecule has 4 nitrogen and oxygen atoms in total. The normalized spacial score (nSPS) is 10.3. The number of benzene rings is 1. The van der Waals surface area contributed by atoms with E-state index < -0.39 is 0 Å². The third kappa shape index (κ3) is 1.54. The fourth-order valence-electron chi connectivity index (χ4n) is 1.40. The number of para-hydroxylation sites is 1. The summed E-state index contributed by atoms with van der Waals surface area (Å²) in [6.45, 7) is 1.80. The number of aryl methyl sites for hydroxylation is 1. The molecule has 1 aromatic carbocycles. The largest absolute Gasteiger partial charge is 0.496 e. The van der Waals surface area contributed by atoms with E-state index in [1.807, 2.05) is 24.3 Å². The summed E-state index contributed by atoms with van der Waals surface area (Å²) < 4.78 is 10.4. The average Bonchev–Trinajstić information content (AvgIpc) is 2.60. The van der Waals surface area contributed by atoms with Crippen LogP contribution in [0.4, 0.5) is 5.69 Å². The lowest BCUT2D eigenvalue weighted by molar-refractivity contribution is 0.405. The van der Waals surface area contributed by atoms with Gasteiger partial charge >= 0.3 is 0 Å². The third-order valence-corrected chi connectivity index (χ3v) is 2.26. The molecule has 1 aromatic heterocycles. The summed E-state index contributed by atoms with van der Waals surface area (Å²) in [7, 11) is 1.61. The number of anilines is 1. The molecular weight excluding hydrogens is 192 g/mol. The molecule has 0 unspecified atom stereocenters. The van der Waals surface area contributed by atoms with Crippen LogP contribution in [-0.2, 0) is 0 Å². The molecule has 0 aliphatic rings. The lowest BCUT2D eigenvalue weighted by atomic mass is 10.1. The Labute approximate surface area is 87.6 Å². The van der Waals surface area contributed by atoms with E-state index in [0.29, 0.717) is 17.1 Å². The summed E-state index contributed by atoms with van der Waals surface area (Å²) in [4.78, 5) is 0. The van der Waals surface area contributed by atoms with Crippen LogP contribution in [0, 0.1) is 6.92 Å². The van der Waals surface area contributed by atoms with E-state index in [2.05, 4.69) is 5.16 Å². The van der Waals surface area contributed by atoms with Gasteiger partial charge in [-0.3, -0.25) is 0 Å². The smallest absolute Gasteiger partial charge is 0.193 e. The van der Waals surface area contributed by atoms with Crippen LogP contribution in [-0.4, -0.2) is 12.3 Å². The molecule has 0 saturated heterocycles. The zero-order valence-electron chi connectivity index (χ0n) is 8.65. The molecule has 4 heteroatoms. The summed E-state index contributed by atoms with van der Waals surface area (Å²) in [6.07, 6.45) is 0. The lowest BCUT2D eigenvalue weighted by Gasteiger charge is -2.04. The monoisotopic (exact) mass is 204 g/mol. The minimum atomic E-state index is 0.555. The van der Waals surface area contributed by atoms with Gasteiger partial charge in [0, 0.05) is 0 Å². The summed E-state index contributed by atoms with van der Waals surface area (Å²) in [5.41, 5.74) is 7.91. The molecule has 0 spiro atoms. The fraction of sp³-hybridized carbons (Fsp3) is 0.182. The minimum absolute atomic E-state index is 0.555. The topological polar surface area (TPSA) is 61.3 Å². The van der Waals surface area contributed by atoms with Crippen molar-refractivity contribution < 1.29 is 9.26 Å². The number of hydrogen-bond acceptors (Lipinski definition) is 4. The molecule has 0 fully saturated rings. The Morgan fingerprint density at radius 3 is 2.67 bits per heavy atom. The highest BCUT2D eigenvalue weighted by molar-refractivity contribution is 5.76. The number of nitrogen functional groups attached to an aromatic ring is 1. The maximum atomic E-state index is 5.85. The van der Waals surface area contributed by atoms with Crippen LogP contribution in [0.3, 0.4) is 0 Å². The number of rotatable bonds is 2. The zero-order valence-corrected chi connectivity index (χ0v) is 8.65. The SMILES string of the molecule is COc1ccccc1-c1onc(C)c1N. The van der Waals surface area contributed by atoms with Gasteiger partial charge in [0.25, 0.3) is 0 Å². The van der Waals surface area contributed by atoms with Crippen LogP contribution in [0.5, 0.6) is 5.75 Å². The lowest BCUT2D eigenvalue weighted by Crippen LogP contribution is -1.91. The molecule has 0 aliphatic heterocycles. The summed E-state index contributed by atoms with van der Waals surface area (Å²) in [6, 6.07) is 7.53. The van der Waals surface area contributed by atoms with E-state index in [4.69, 9.17) is 15.0 Å². The van der Waals surface area contributed by atoms with Crippen LogP contribution in [0.25, 0.3) is 11.3 Å². The quantitative estimate of drug-likeness (QED) is 0.814. The molecule has 2 aromatic rings. The molecular formula is C11H12N2O2. The second-order valence-electron chi connectivity index (χ2n) is 3.21. The van der Waals surface area contributed by atoms with E-state index in [0.717, 1.165) is 11.3 Å². The molecule has 1 heterocycles. The first-order chi connectivity index (χ1) is 7.24. The maximum Gasteiger partial charge on any atom is 0.193 e. The van der Waals surface area contributed by atoms with Crippen molar-refractivity contribution in [3.8, 4) is 17.1 Å². The van der Waals surface area contributed by atoms with Crippen LogP contribution >= 0.6 is 0 Å². The molecule has 0 atom stereocenters. The van der Waals surface area contributed by atoms with E-state index in [9.17, 15) is 0 Å². The van der Waals surface area contributed by atoms with Crippen molar-refractivity contribution in [3.63, 3.8) is 0 Å². The second kappa shape index (κ2) is 3.65. The summed E-state index contributed by atoms with van der Waals surface area (Å²) in [5.74, 6) is 1.28. The highest BCUT2D eigenvalue weighted by Crippen LogP contribution is 2.34.